The highest BCUT2D eigenvalue weighted by Gasteiger charge is 2.19. The number of hydrogen-bond acceptors (Lipinski definition) is 6. The molecule has 7 nitrogen and oxygen atoms in total. The molecule has 0 saturated carbocycles. The molecule has 0 bridgehead atoms. The van der Waals surface area contributed by atoms with Crippen LogP contribution in [0.5, 0.6) is 0 Å². The van der Waals surface area contributed by atoms with E-state index in [1.165, 1.54) is 12.8 Å². The lowest BCUT2D eigenvalue weighted by atomic mass is 10.4. The van der Waals surface area contributed by atoms with E-state index in [1.807, 2.05) is 19.9 Å². The Balaban J connectivity index is 2.00. The molecule has 0 radical (unpaired) electrons. The standard InChI is InChI=1S/C12H17N7/c1-8-7-10(15-9(2)14-8)19-11(13)16-12(17-19)18-5-3-4-6-18/h7H,3-6H2,1-2H3,(H2,13,16,17). The van der Waals surface area contributed by atoms with Crippen LogP contribution in [0.15, 0.2) is 6.07 Å². The second kappa shape index (κ2) is 4.49. The van der Waals surface area contributed by atoms with Crippen molar-refractivity contribution >= 4 is 11.9 Å². The highest BCUT2D eigenvalue weighted by atomic mass is 15.5. The van der Waals surface area contributed by atoms with Crippen LogP contribution in [0.1, 0.15) is 24.4 Å². The first-order chi connectivity index (χ1) is 9.13. The quantitative estimate of drug-likeness (QED) is 0.860. The summed E-state index contributed by atoms with van der Waals surface area (Å²) in [6, 6.07) is 1.85. The average molecular weight is 259 g/mol. The predicted octanol–water partition coefficient (Wildman–Crippen LogP) is 0.857. The number of nitrogen functional groups attached to an aromatic ring is 1. The lowest BCUT2D eigenvalue weighted by molar-refractivity contribution is 0.811. The minimum absolute atomic E-state index is 0.361. The fraction of sp³-hybridized carbons (Fsp3) is 0.500. The van der Waals surface area contributed by atoms with E-state index < -0.39 is 0 Å². The van der Waals surface area contributed by atoms with E-state index in [0.29, 0.717) is 23.5 Å². The summed E-state index contributed by atoms with van der Waals surface area (Å²) in [5.41, 5.74) is 6.83. The minimum Gasteiger partial charge on any atom is -0.368 e. The molecule has 1 aliphatic rings. The lowest BCUT2D eigenvalue weighted by Crippen LogP contribution is -2.19. The topological polar surface area (TPSA) is 85.8 Å². The molecule has 2 aromatic heterocycles. The Bertz CT molecular complexity index is 578. The zero-order chi connectivity index (χ0) is 13.4. The Kier molecular flexibility index (Phi) is 2.81. The molecule has 0 spiro atoms. The molecule has 19 heavy (non-hydrogen) atoms. The number of aromatic nitrogens is 5. The monoisotopic (exact) mass is 259 g/mol. The summed E-state index contributed by atoms with van der Waals surface area (Å²) < 4.78 is 1.58. The molecule has 0 aromatic carbocycles. The zero-order valence-corrected chi connectivity index (χ0v) is 11.2. The van der Waals surface area contributed by atoms with Gasteiger partial charge in [-0.25, -0.2) is 9.97 Å². The number of hydrogen-bond donors (Lipinski definition) is 1. The Morgan fingerprint density at radius 3 is 2.53 bits per heavy atom. The van der Waals surface area contributed by atoms with Crippen molar-refractivity contribution in [3.05, 3.63) is 17.6 Å². The smallest absolute Gasteiger partial charge is 0.247 e. The summed E-state index contributed by atoms with van der Waals surface area (Å²) in [6.45, 7) is 5.76. The molecule has 2 N–H and O–H groups in total. The molecule has 0 aliphatic carbocycles. The van der Waals surface area contributed by atoms with Gasteiger partial charge >= 0.3 is 0 Å². The van der Waals surface area contributed by atoms with E-state index in [1.54, 1.807) is 4.68 Å². The number of anilines is 2. The third-order valence-electron chi connectivity index (χ3n) is 3.18. The van der Waals surface area contributed by atoms with Crippen molar-refractivity contribution in [3.63, 3.8) is 0 Å². The predicted molar refractivity (Wildman–Crippen MR) is 72.3 cm³/mol. The maximum absolute atomic E-state index is 5.94. The second-order valence-electron chi connectivity index (χ2n) is 4.79. The van der Waals surface area contributed by atoms with Crippen molar-refractivity contribution in [3.8, 4) is 5.82 Å². The molecule has 0 atom stereocenters. The van der Waals surface area contributed by atoms with Crippen molar-refractivity contribution in [1.82, 2.24) is 24.7 Å². The van der Waals surface area contributed by atoms with Gasteiger partial charge in [0, 0.05) is 24.8 Å². The Hall–Kier alpha value is -2.18. The molecule has 0 amide bonds. The largest absolute Gasteiger partial charge is 0.368 e. The van der Waals surface area contributed by atoms with Crippen LogP contribution in [0.2, 0.25) is 0 Å². The van der Waals surface area contributed by atoms with Crippen molar-refractivity contribution < 1.29 is 0 Å². The molecule has 1 fully saturated rings. The van der Waals surface area contributed by atoms with Gasteiger partial charge in [0.25, 0.3) is 0 Å². The van der Waals surface area contributed by atoms with E-state index >= 15 is 0 Å². The van der Waals surface area contributed by atoms with Gasteiger partial charge in [-0.2, -0.15) is 9.67 Å². The van der Waals surface area contributed by atoms with Crippen LogP contribution in [0.25, 0.3) is 5.82 Å². The minimum atomic E-state index is 0.361. The molecule has 2 aromatic rings. The second-order valence-corrected chi connectivity index (χ2v) is 4.79. The molecule has 3 heterocycles. The normalized spacial score (nSPS) is 15.2. The summed E-state index contributed by atoms with van der Waals surface area (Å²) in [4.78, 5) is 15.1. The third kappa shape index (κ3) is 2.23. The Morgan fingerprint density at radius 2 is 1.84 bits per heavy atom. The molecule has 100 valence electrons. The molecule has 7 heteroatoms. The molecule has 0 unspecified atom stereocenters. The van der Waals surface area contributed by atoms with E-state index in [-0.39, 0.29) is 0 Å². The van der Waals surface area contributed by atoms with Gasteiger partial charge in [-0.15, -0.1) is 5.10 Å². The first-order valence-corrected chi connectivity index (χ1v) is 6.43. The maximum Gasteiger partial charge on any atom is 0.247 e. The SMILES string of the molecule is Cc1cc(-n2nc(N3CCCC3)nc2N)nc(C)n1. The van der Waals surface area contributed by atoms with E-state index in [2.05, 4.69) is 25.0 Å². The summed E-state index contributed by atoms with van der Waals surface area (Å²) in [5, 5.41) is 4.46. The fourth-order valence-electron chi connectivity index (χ4n) is 2.34. The van der Waals surface area contributed by atoms with E-state index in [9.17, 15) is 0 Å². The van der Waals surface area contributed by atoms with Gasteiger partial charge in [-0.1, -0.05) is 0 Å². The number of aryl methyl sites for hydroxylation is 2. The molecular weight excluding hydrogens is 242 g/mol. The van der Waals surface area contributed by atoms with Gasteiger partial charge in [0.2, 0.25) is 11.9 Å². The van der Waals surface area contributed by atoms with Crippen LogP contribution in [0.4, 0.5) is 11.9 Å². The summed E-state index contributed by atoms with van der Waals surface area (Å²) in [5.74, 6) is 2.41. The third-order valence-corrected chi connectivity index (χ3v) is 3.18. The molecule has 1 saturated heterocycles. The van der Waals surface area contributed by atoms with Gasteiger partial charge in [0.05, 0.1) is 0 Å². The zero-order valence-electron chi connectivity index (χ0n) is 11.2. The number of nitrogens with zero attached hydrogens (tertiary/aromatic N) is 6. The van der Waals surface area contributed by atoms with Crippen molar-refractivity contribution in [2.75, 3.05) is 23.7 Å². The molecule has 3 rings (SSSR count). The van der Waals surface area contributed by atoms with E-state index in [0.717, 1.165) is 18.8 Å². The van der Waals surface area contributed by atoms with Crippen LogP contribution in [0, 0.1) is 13.8 Å². The summed E-state index contributed by atoms with van der Waals surface area (Å²) >= 11 is 0. The first kappa shape index (κ1) is 11.9. The van der Waals surface area contributed by atoms with E-state index in [4.69, 9.17) is 5.73 Å². The fourth-order valence-corrected chi connectivity index (χ4v) is 2.34. The number of nitrogens with two attached hydrogens (primary N) is 1. The van der Waals surface area contributed by atoms with Gasteiger partial charge in [0.15, 0.2) is 5.82 Å². The number of rotatable bonds is 2. The Labute approximate surface area is 111 Å². The lowest BCUT2D eigenvalue weighted by Gasteiger charge is -2.10. The van der Waals surface area contributed by atoms with Crippen molar-refractivity contribution in [2.24, 2.45) is 0 Å². The van der Waals surface area contributed by atoms with Gasteiger partial charge < -0.3 is 10.6 Å². The van der Waals surface area contributed by atoms with Gasteiger partial charge in [-0.05, 0) is 26.7 Å². The van der Waals surface area contributed by atoms with Crippen LogP contribution in [0.3, 0.4) is 0 Å². The first-order valence-electron chi connectivity index (χ1n) is 6.43. The van der Waals surface area contributed by atoms with Crippen molar-refractivity contribution in [1.29, 1.82) is 0 Å². The van der Waals surface area contributed by atoms with Crippen LogP contribution in [-0.4, -0.2) is 37.8 Å². The van der Waals surface area contributed by atoms with Crippen LogP contribution in [-0.2, 0) is 0 Å². The molecule has 1 aliphatic heterocycles. The van der Waals surface area contributed by atoms with Crippen molar-refractivity contribution in [2.45, 2.75) is 26.7 Å². The van der Waals surface area contributed by atoms with Crippen LogP contribution < -0.4 is 10.6 Å². The average Bonchev–Trinajstić information content (AvgIpc) is 2.95. The van der Waals surface area contributed by atoms with Gasteiger partial charge in [-0.3, -0.25) is 0 Å². The summed E-state index contributed by atoms with van der Waals surface area (Å²) in [6.07, 6.45) is 2.36. The highest BCUT2D eigenvalue weighted by Crippen LogP contribution is 2.19. The summed E-state index contributed by atoms with van der Waals surface area (Å²) in [7, 11) is 0. The molecular formula is C12H17N7. The van der Waals surface area contributed by atoms with Gasteiger partial charge in [0.1, 0.15) is 5.82 Å². The Morgan fingerprint density at radius 1 is 1.11 bits per heavy atom. The highest BCUT2D eigenvalue weighted by molar-refractivity contribution is 5.41. The maximum atomic E-state index is 5.94. The van der Waals surface area contributed by atoms with Crippen LogP contribution >= 0.6 is 0 Å².